The zero-order chi connectivity index (χ0) is 14.5. The van der Waals surface area contributed by atoms with Gasteiger partial charge < -0.3 is 10.8 Å². The smallest absolute Gasteiger partial charge is 0.243 e. The van der Waals surface area contributed by atoms with Crippen LogP contribution in [0.2, 0.25) is 0 Å². The molecule has 1 rings (SSSR count). The van der Waals surface area contributed by atoms with Crippen molar-refractivity contribution in [2.24, 2.45) is 5.73 Å². The Morgan fingerprint density at radius 1 is 1.42 bits per heavy atom. The van der Waals surface area contributed by atoms with E-state index in [-0.39, 0.29) is 36.7 Å². The second kappa shape index (κ2) is 6.95. The van der Waals surface area contributed by atoms with Crippen LogP contribution in [-0.2, 0) is 16.6 Å². The van der Waals surface area contributed by atoms with Crippen molar-refractivity contribution in [2.45, 2.75) is 24.8 Å². The highest BCUT2D eigenvalue weighted by Crippen LogP contribution is 2.22. The number of benzene rings is 1. The van der Waals surface area contributed by atoms with Crippen LogP contribution in [0.1, 0.15) is 18.9 Å². The minimum absolute atomic E-state index is 0.00931. The molecule has 0 aliphatic carbocycles. The van der Waals surface area contributed by atoms with Gasteiger partial charge in [-0.15, -0.1) is 0 Å². The Labute approximate surface area is 112 Å². The summed E-state index contributed by atoms with van der Waals surface area (Å²) in [5.41, 5.74) is 5.42. The molecule has 0 radical (unpaired) electrons. The first kappa shape index (κ1) is 16.0. The monoisotopic (exact) mass is 290 g/mol. The van der Waals surface area contributed by atoms with Crippen LogP contribution >= 0.6 is 0 Å². The highest BCUT2D eigenvalue weighted by Gasteiger charge is 2.26. The van der Waals surface area contributed by atoms with Gasteiger partial charge >= 0.3 is 0 Å². The number of nitrogens with two attached hydrogens (primary N) is 1. The summed E-state index contributed by atoms with van der Waals surface area (Å²) in [5.74, 6) is -0.623. The van der Waals surface area contributed by atoms with Gasteiger partial charge in [0.05, 0.1) is 4.90 Å². The van der Waals surface area contributed by atoms with Crippen molar-refractivity contribution >= 4 is 10.0 Å². The van der Waals surface area contributed by atoms with Gasteiger partial charge in [0, 0.05) is 31.8 Å². The Balaban J connectivity index is 3.22. The van der Waals surface area contributed by atoms with Crippen LogP contribution in [-0.4, -0.2) is 37.5 Å². The number of aliphatic hydroxyl groups excluding tert-OH is 1. The van der Waals surface area contributed by atoms with E-state index in [4.69, 9.17) is 10.8 Å². The zero-order valence-electron chi connectivity index (χ0n) is 10.8. The average Bonchev–Trinajstić information content (AvgIpc) is 2.39. The molecular weight excluding hydrogens is 271 g/mol. The third-order valence-corrected chi connectivity index (χ3v) is 4.88. The molecule has 0 fully saturated rings. The highest BCUT2D eigenvalue weighted by atomic mass is 32.2. The first-order valence-corrected chi connectivity index (χ1v) is 7.51. The molecule has 0 heterocycles. The van der Waals surface area contributed by atoms with E-state index < -0.39 is 15.8 Å². The molecule has 0 bridgehead atoms. The third kappa shape index (κ3) is 3.50. The van der Waals surface area contributed by atoms with E-state index >= 15 is 0 Å². The molecule has 108 valence electrons. The number of hydrogen-bond donors (Lipinski definition) is 2. The average molecular weight is 290 g/mol. The number of halogens is 1. The predicted octanol–water partition coefficient (Wildman–Crippen LogP) is 0.677. The van der Waals surface area contributed by atoms with Crippen molar-refractivity contribution < 1.29 is 17.9 Å². The lowest BCUT2D eigenvalue weighted by Gasteiger charge is -2.21. The Kier molecular flexibility index (Phi) is 5.86. The summed E-state index contributed by atoms with van der Waals surface area (Å²) in [5, 5.41) is 8.79. The third-order valence-electron chi connectivity index (χ3n) is 2.82. The lowest BCUT2D eigenvalue weighted by atomic mass is 10.2. The van der Waals surface area contributed by atoms with E-state index in [2.05, 4.69) is 0 Å². The van der Waals surface area contributed by atoms with Gasteiger partial charge in [0.15, 0.2) is 0 Å². The largest absolute Gasteiger partial charge is 0.396 e. The fourth-order valence-electron chi connectivity index (χ4n) is 1.81. The van der Waals surface area contributed by atoms with Crippen molar-refractivity contribution in [3.63, 3.8) is 0 Å². The molecule has 1 aromatic carbocycles. The summed E-state index contributed by atoms with van der Waals surface area (Å²) < 4.78 is 39.6. The minimum atomic E-state index is -3.79. The van der Waals surface area contributed by atoms with Crippen LogP contribution < -0.4 is 5.73 Å². The Bertz CT molecular complexity index is 520. The zero-order valence-corrected chi connectivity index (χ0v) is 11.7. The van der Waals surface area contributed by atoms with Crippen LogP contribution in [0.5, 0.6) is 0 Å². The first-order chi connectivity index (χ1) is 8.98. The molecule has 0 aromatic heterocycles. The van der Waals surface area contributed by atoms with Crippen molar-refractivity contribution in [1.82, 2.24) is 4.31 Å². The quantitative estimate of drug-likeness (QED) is 0.773. The maximum Gasteiger partial charge on any atom is 0.243 e. The fourth-order valence-corrected chi connectivity index (χ4v) is 3.54. The number of rotatable bonds is 7. The molecule has 19 heavy (non-hydrogen) atoms. The van der Waals surface area contributed by atoms with Crippen molar-refractivity contribution in [2.75, 3.05) is 19.7 Å². The molecule has 0 unspecified atom stereocenters. The van der Waals surface area contributed by atoms with Crippen LogP contribution in [0, 0.1) is 5.82 Å². The van der Waals surface area contributed by atoms with Crippen molar-refractivity contribution in [3.8, 4) is 0 Å². The van der Waals surface area contributed by atoms with Crippen molar-refractivity contribution in [3.05, 3.63) is 29.6 Å². The molecule has 0 spiro atoms. The minimum Gasteiger partial charge on any atom is -0.396 e. The van der Waals surface area contributed by atoms with E-state index in [1.165, 1.54) is 22.5 Å². The lowest BCUT2D eigenvalue weighted by Crippen LogP contribution is -2.33. The second-order valence-corrected chi connectivity index (χ2v) is 5.90. The SMILES string of the molecule is CCN(CCCO)S(=O)(=O)c1cccc(F)c1CN. The molecule has 0 saturated heterocycles. The summed E-state index contributed by atoms with van der Waals surface area (Å²) in [6.45, 7) is 1.85. The maximum absolute atomic E-state index is 13.6. The molecule has 0 aliphatic rings. The number of hydrogen-bond acceptors (Lipinski definition) is 4. The van der Waals surface area contributed by atoms with Crippen LogP contribution in [0.15, 0.2) is 23.1 Å². The number of nitrogens with zero attached hydrogens (tertiary/aromatic N) is 1. The van der Waals surface area contributed by atoms with E-state index in [1.807, 2.05) is 0 Å². The van der Waals surface area contributed by atoms with Gasteiger partial charge in [0.25, 0.3) is 0 Å². The van der Waals surface area contributed by atoms with Gasteiger partial charge in [-0.2, -0.15) is 4.31 Å². The molecule has 0 aliphatic heterocycles. The van der Waals surface area contributed by atoms with Crippen LogP contribution in [0.3, 0.4) is 0 Å². The Hall–Kier alpha value is -1.02. The van der Waals surface area contributed by atoms with E-state index in [9.17, 15) is 12.8 Å². The Morgan fingerprint density at radius 2 is 2.11 bits per heavy atom. The molecule has 7 heteroatoms. The summed E-state index contributed by atoms with van der Waals surface area (Å²) in [6.07, 6.45) is 0.334. The summed E-state index contributed by atoms with van der Waals surface area (Å²) >= 11 is 0. The standard InChI is InChI=1S/C12H19FN2O3S/c1-2-15(7-4-8-16)19(17,18)12-6-3-5-11(13)10(12)9-14/h3,5-6,16H,2,4,7-9,14H2,1H3. The topological polar surface area (TPSA) is 83.6 Å². The van der Waals surface area contributed by atoms with Gasteiger partial charge in [0.1, 0.15) is 5.82 Å². The van der Waals surface area contributed by atoms with Gasteiger partial charge in [-0.05, 0) is 18.6 Å². The van der Waals surface area contributed by atoms with Crippen LogP contribution in [0.4, 0.5) is 4.39 Å². The maximum atomic E-state index is 13.6. The van der Waals surface area contributed by atoms with Gasteiger partial charge in [-0.25, -0.2) is 12.8 Å². The Morgan fingerprint density at radius 3 is 2.63 bits per heavy atom. The molecule has 0 amide bonds. The molecule has 1 aromatic rings. The molecular formula is C12H19FN2O3S. The summed E-state index contributed by atoms with van der Waals surface area (Å²) in [6, 6.07) is 3.88. The molecule has 3 N–H and O–H groups in total. The fraction of sp³-hybridized carbons (Fsp3) is 0.500. The molecule has 5 nitrogen and oxygen atoms in total. The number of sulfonamides is 1. The summed E-state index contributed by atoms with van der Waals surface area (Å²) in [4.78, 5) is -0.102. The predicted molar refractivity (Wildman–Crippen MR) is 70.4 cm³/mol. The van der Waals surface area contributed by atoms with E-state index in [0.717, 1.165) is 0 Å². The van der Waals surface area contributed by atoms with E-state index in [1.54, 1.807) is 6.92 Å². The molecule has 0 saturated carbocycles. The van der Waals surface area contributed by atoms with Gasteiger partial charge in [-0.3, -0.25) is 0 Å². The van der Waals surface area contributed by atoms with Crippen LogP contribution in [0.25, 0.3) is 0 Å². The summed E-state index contributed by atoms with van der Waals surface area (Å²) in [7, 11) is -3.79. The molecule has 0 atom stereocenters. The van der Waals surface area contributed by atoms with E-state index in [0.29, 0.717) is 6.42 Å². The highest BCUT2D eigenvalue weighted by molar-refractivity contribution is 7.89. The van der Waals surface area contributed by atoms with Gasteiger partial charge in [-0.1, -0.05) is 13.0 Å². The number of aliphatic hydroxyl groups is 1. The first-order valence-electron chi connectivity index (χ1n) is 6.07. The second-order valence-electron chi connectivity index (χ2n) is 3.99. The van der Waals surface area contributed by atoms with Crippen molar-refractivity contribution in [1.29, 1.82) is 0 Å². The lowest BCUT2D eigenvalue weighted by molar-refractivity contribution is 0.271. The van der Waals surface area contributed by atoms with Gasteiger partial charge in [0.2, 0.25) is 10.0 Å². The normalized spacial score (nSPS) is 12.1.